The Bertz CT molecular complexity index is 417. The van der Waals surface area contributed by atoms with E-state index in [0.29, 0.717) is 0 Å². The highest BCUT2D eigenvalue weighted by Crippen LogP contribution is 2.17. The predicted molar refractivity (Wildman–Crippen MR) is 74.3 cm³/mol. The molecule has 0 amide bonds. The second kappa shape index (κ2) is 6.72. The van der Waals surface area contributed by atoms with E-state index in [0.717, 1.165) is 41.6 Å². The summed E-state index contributed by atoms with van der Waals surface area (Å²) in [4.78, 5) is 8.74. The van der Waals surface area contributed by atoms with Crippen LogP contribution in [0.15, 0.2) is 11.2 Å². The van der Waals surface area contributed by atoms with Gasteiger partial charge in [0.15, 0.2) is 5.16 Å². The molecule has 0 fully saturated rings. The van der Waals surface area contributed by atoms with Crippen LogP contribution < -0.4 is 5.73 Å². The Morgan fingerprint density at radius 3 is 2.50 bits per heavy atom. The first-order valence-electron chi connectivity index (χ1n) is 6.08. The van der Waals surface area contributed by atoms with E-state index in [4.69, 9.17) is 11.0 Å². The van der Waals surface area contributed by atoms with E-state index in [1.165, 1.54) is 0 Å². The summed E-state index contributed by atoms with van der Waals surface area (Å²) in [5.41, 5.74) is 7.07. The first kappa shape index (κ1) is 14.9. The highest BCUT2D eigenvalue weighted by Gasteiger charge is 2.15. The van der Waals surface area contributed by atoms with Crippen LogP contribution in [0.25, 0.3) is 0 Å². The van der Waals surface area contributed by atoms with E-state index < -0.39 is 5.54 Å². The van der Waals surface area contributed by atoms with E-state index in [1.807, 2.05) is 19.9 Å². The minimum Gasteiger partial charge on any atom is -0.314 e. The zero-order valence-electron chi connectivity index (χ0n) is 11.2. The molecule has 2 N–H and O–H groups in total. The van der Waals surface area contributed by atoms with Crippen LogP contribution >= 0.6 is 11.8 Å². The van der Waals surface area contributed by atoms with Crippen molar-refractivity contribution in [2.45, 2.75) is 50.7 Å². The minimum atomic E-state index is -0.693. The molecule has 0 bridgehead atoms. The zero-order chi connectivity index (χ0) is 13.6. The summed E-state index contributed by atoms with van der Waals surface area (Å²) in [6.07, 6.45) is 2.71. The van der Waals surface area contributed by atoms with Crippen molar-refractivity contribution in [2.75, 3.05) is 5.75 Å². The van der Waals surface area contributed by atoms with E-state index in [1.54, 1.807) is 18.7 Å². The molecule has 4 nitrogen and oxygen atoms in total. The maximum absolute atomic E-state index is 8.79. The van der Waals surface area contributed by atoms with Crippen molar-refractivity contribution >= 4 is 11.8 Å². The van der Waals surface area contributed by atoms with Crippen LogP contribution in [0.2, 0.25) is 0 Å². The molecule has 1 aromatic rings. The van der Waals surface area contributed by atoms with Gasteiger partial charge in [-0.2, -0.15) is 5.26 Å². The molecule has 5 heteroatoms. The number of nitrogens with two attached hydrogens (primary N) is 1. The van der Waals surface area contributed by atoms with Crippen LogP contribution in [-0.2, 0) is 0 Å². The molecule has 0 saturated carbocycles. The summed E-state index contributed by atoms with van der Waals surface area (Å²) in [5, 5.41) is 9.63. The third-order valence-electron chi connectivity index (χ3n) is 2.54. The van der Waals surface area contributed by atoms with E-state index >= 15 is 0 Å². The van der Waals surface area contributed by atoms with Gasteiger partial charge in [0.25, 0.3) is 0 Å². The average Bonchev–Trinajstić information content (AvgIpc) is 2.27. The summed E-state index contributed by atoms with van der Waals surface area (Å²) in [6.45, 7) is 5.73. The Labute approximate surface area is 113 Å². The predicted octanol–water partition coefficient (Wildman–Crippen LogP) is 2.60. The van der Waals surface area contributed by atoms with E-state index in [9.17, 15) is 0 Å². The number of hydrogen-bond donors (Lipinski definition) is 1. The summed E-state index contributed by atoms with van der Waals surface area (Å²) in [6, 6.07) is 4.08. The van der Waals surface area contributed by atoms with Crippen LogP contribution in [0, 0.1) is 25.2 Å². The molecule has 1 unspecified atom stereocenters. The van der Waals surface area contributed by atoms with Gasteiger partial charge < -0.3 is 5.73 Å². The van der Waals surface area contributed by atoms with Crippen molar-refractivity contribution in [3.05, 3.63) is 17.5 Å². The van der Waals surface area contributed by atoms with Gasteiger partial charge in [-0.25, -0.2) is 9.97 Å². The van der Waals surface area contributed by atoms with Gasteiger partial charge in [-0.05, 0) is 46.1 Å². The number of nitriles is 1. The van der Waals surface area contributed by atoms with Gasteiger partial charge in [0.05, 0.1) is 6.07 Å². The van der Waals surface area contributed by atoms with Gasteiger partial charge in [-0.15, -0.1) is 0 Å². The molecule has 0 aliphatic carbocycles. The molecule has 18 heavy (non-hydrogen) atoms. The number of unbranched alkanes of at least 4 members (excludes halogenated alkanes) is 1. The molecule has 1 rings (SSSR count). The fraction of sp³-hybridized carbons (Fsp3) is 0.615. The fourth-order valence-corrected chi connectivity index (χ4v) is 2.52. The van der Waals surface area contributed by atoms with Crippen molar-refractivity contribution in [3.63, 3.8) is 0 Å². The molecule has 0 aliphatic rings. The summed E-state index contributed by atoms with van der Waals surface area (Å²) in [7, 11) is 0. The van der Waals surface area contributed by atoms with Gasteiger partial charge in [0.2, 0.25) is 0 Å². The summed E-state index contributed by atoms with van der Waals surface area (Å²) >= 11 is 1.66. The highest BCUT2D eigenvalue weighted by molar-refractivity contribution is 7.99. The number of aryl methyl sites for hydroxylation is 2. The maximum Gasteiger partial charge on any atom is 0.187 e. The Kier molecular flexibility index (Phi) is 5.57. The van der Waals surface area contributed by atoms with Crippen LogP contribution in [0.1, 0.15) is 37.6 Å². The normalized spacial score (nSPS) is 13.9. The van der Waals surface area contributed by atoms with E-state index in [2.05, 4.69) is 16.0 Å². The van der Waals surface area contributed by atoms with Crippen molar-refractivity contribution < 1.29 is 0 Å². The van der Waals surface area contributed by atoms with Crippen LogP contribution in [0.5, 0.6) is 0 Å². The molecule has 0 radical (unpaired) electrons. The lowest BCUT2D eigenvalue weighted by atomic mass is 9.99. The quantitative estimate of drug-likeness (QED) is 0.485. The Morgan fingerprint density at radius 2 is 1.94 bits per heavy atom. The Morgan fingerprint density at radius 1 is 1.33 bits per heavy atom. The van der Waals surface area contributed by atoms with Gasteiger partial charge >= 0.3 is 0 Å². The van der Waals surface area contributed by atoms with Gasteiger partial charge in [-0.1, -0.05) is 11.8 Å². The standard InChI is InChI=1S/C13H20N4S/c1-10-8-11(2)17-12(16-10)18-7-5-4-6-13(3,15)9-14/h8H,4-7,15H2,1-3H3. The Hall–Kier alpha value is -1.12. The number of nitrogens with zero attached hydrogens (tertiary/aromatic N) is 3. The van der Waals surface area contributed by atoms with Gasteiger partial charge in [-0.3, -0.25) is 0 Å². The SMILES string of the molecule is Cc1cc(C)nc(SCCCCC(C)(N)C#N)n1. The highest BCUT2D eigenvalue weighted by atomic mass is 32.2. The van der Waals surface area contributed by atoms with Crippen molar-refractivity contribution in [1.82, 2.24) is 9.97 Å². The smallest absolute Gasteiger partial charge is 0.187 e. The minimum absolute atomic E-state index is 0.693. The van der Waals surface area contributed by atoms with Crippen molar-refractivity contribution in [3.8, 4) is 6.07 Å². The Balaban J connectivity index is 2.28. The van der Waals surface area contributed by atoms with Crippen LogP contribution in [0.3, 0.4) is 0 Å². The van der Waals surface area contributed by atoms with Crippen LogP contribution in [-0.4, -0.2) is 21.3 Å². The van der Waals surface area contributed by atoms with E-state index in [-0.39, 0.29) is 0 Å². The molecule has 98 valence electrons. The molecular weight excluding hydrogens is 244 g/mol. The number of aromatic nitrogens is 2. The first-order valence-corrected chi connectivity index (χ1v) is 7.07. The maximum atomic E-state index is 8.79. The topological polar surface area (TPSA) is 75.6 Å². The summed E-state index contributed by atoms with van der Waals surface area (Å²) < 4.78 is 0. The van der Waals surface area contributed by atoms with Gasteiger partial charge in [0.1, 0.15) is 5.54 Å². The lowest BCUT2D eigenvalue weighted by Gasteiger charge is -2.14. The average molecular weight is 264 g/mol. The lowest BCUT2D eigenvalue weighted by Crippen LogP contribution is -2.33. The molecule has 1 aromatic heterocycles. The molecule has 0 aliphatic heterocycles. The lowest BCUT2D eigenvalue weighted by molar-refractivity contribution is 0.518. The second-order valence-electron chi connectivity index (χ2n) is 4.77. The molecule has 1 atom stereocenters. The molecule has 0 aromatic carbocycles. The van der Waals surface area contributed by atoms with Crippen molar-refractivity contribution in [2.24, 2.45) is 5.73 Å². The largest absolute Gasteiger partial charge is 0.314 e. The molecule has 0 spiro atoms. The van der Waals surface area contributed by atoms with Crippen LogP contribution in [0.4, 0.5) is 0 Å². The fourth-order valence-electron chi connectivity index (χ4n) is 1.57. The monoisotopic (exact) mass is 264 g/mol. The molecule has 1 heterocycles. The second-order valence-corrected chi connectivity index (χ2v) is 5.83. The molecule has 0 saturated heterocycles. The number of thioether (sulfide) groups is 1. The van der Waals surface area contributed by atoms with Gasteiger partial charge in [0, 0.05) is 17.1 Å². The molecular formula is C13H20N4S. The number of rotatable bonds is 6. The third-order valence-corrected chi connectivity index (χ3v) is 3.47. The van der Waals surface area contributed by atoms with Crippen molar-refractivity contribution in [1.29, 1.82) is 5.26 Å². The first-order chi connectivity index (χ1) is 8.43. The number of hydrogen-bond acceptors (Lipinski definition) is 5. The zero-order valence-corrected chi connectivity index (χ0v) is 12.0. The summed E-state index contributed by atoms with van der Waals surface area (Å²) in [5.74, 6) is 0.963. The third kappa shape index (κ3) is 5.48.